The van der Waals surface area contributed by atoms with Crippen LogP contribution in [0.1, 0.15) is 27.2 Å². The van der Waals surface area contributed by atoms with Crippen LogP contribution >= 0.6 is 0 Å². The van der Waals surface area contributed by atoms with Crippen LogP contribution in [-0.4, -0.2) is 36.3 Å². The first-order valence-electron chi connectivity index (χ1n) is 4.89. The predicted molar refractivity (Wildman–Crippen MR) is 56.2 cm³/mol. The molecule has 0 aromatic rings. The summed E-state index contributed by atoms with van der Waals surface area (Å²) in [5.41, 5.74) is 0.157. The van der Waals surface area contributed by atoms with Crippen LogP contribution < -0.4 is 0 Å². The van der Waals surface area contributed by atoms with Crippen LogP contribution in [0.4, 0.5) is 0 Å². The molecule has 1 heterocycles. The Morgan fingerprint density at radius 1 is 1.33 bits per heavy atom. The Kier molecular flexibility index (Phi) is 2.88. The molecule has 0 radical (unpaired) electrons. The van der Waals surface area contributed by atoms with E-state index in [0.717, 1.165) is 0 Å². The number of esters is 1. The van der Waals surface area contributed by atoms with Crippen LogP contribution in [0.2, 0.25) is 0 Å². The average molecular weight is 211 g/mol. The summed E-state index contributed by atoms with van der Waals surface area (Å²) in [6.45, 7) is 5.22. The molecule has 15 heavy (non-hydrogen) atoms. The highest BCUT2D eigenvalue weighted by molar-refractivity contribution is 6.19. The third kappa shape index (κ3) is 2.37. The van der Waals surface area contributed by atoms with E-state index in [9.17, 15) is 9.59 Å². The van der Waals surface area contributed by atoms with Crippen LogP contribution in [0, 0.1) is 0 Å². The van der Waals surface area contributed by atoms with Crippen molar-refractivity contribution < 1.29 is 14.3 Å². The Balaban J connectivity index is 3.10. The fraction of sp³-hybridized carbons (Fsp3) is 0.636. The molecule has 0 atom stereocenters. The Morgan fingerprint density at radius 3 is 2.27 bits per heavy atom. The van der Waals surface area contributed by atoms with Gasteiger partial charge in [-0.3, -0.25) is 4.79 Å². The number of cyclic esters (lactones) is 1. The number of nitrogens with zero attached hydrogens (tertiary/aromatic N) is 1. The molecule has 0 aromatic heterocycles. The highest BCUT2D eigenvalue weighted by Gasteiger charge is 2.38. The fourth-order valence-electron chi connectivity index (χ4n) is 1.50. The highest BCUT2D eigenvalue weighted by Crippen LogP contribution is 2.27. The minimum absolute atomic E-state index is 0.137. The highest BCUT2D eigenvalue weighted by atomic mass is 16.6. The van der Waals surface area contributed by atoms with Gasteiger partial charge in [-0.2, -0.15) is 0 Å². The largest absolute Gasteiger partial charge is 0.455 e. The lowest BCUT2D eigenvalue weighted by Crippen LogP contribution is -2.40. The second-order valence-electron chi connectivity index (χ2n) is 4.60. The minimum Gasteiger partial charge on any atom is -0.455 e. The van der Waals surface area contributed by atoms with E-state index in [-0.39, 0.29) is 17.8 Å². The Bertz CT molecular complexity index is 318. The van der Waals surface area contributed by atoms with E-state index in [0.29, 0.717) is 5.70 Å². The molecule has 1 saturated heterocycles. The van der Waals surface area contributed by atoms with Gasteiger partial charge < -0.3 is 9.64 Å². The average Bonchev–Trinajstić information content (AvgIpc) is 1.99. The van der Waals surface area contributed by atoms with Crippen molar-refractivity contribution in [2.75, 3.05) is 14.1 Å². The van der Waals surface area contributed by atoms with Gasteiger partial charge in [0.2, 0.25) is 0 Å². The van der Waals surface area contributed by atoms with Gasteiger partial charge in [0.1, 0.15) is 11.2 Å². The lowest BCUT2D eigenvalue weighted by Gasteiger charge is -2.31. The number of Topliss-reactive ketones (excluding diaryl/α,β-unsaturated/α-hetero) is 1. The molecule has 0 aromatic carbocycles. The lowest BCUT2D eigenvalue weighted by molar-refractivity contribution is -0.159. The van der Waals surface area contributed by atoms with Gasteiger partial charge in [-0.25, -0.2) is 4.79 Å². The van der Waals surface area contributed by atoms with Crippen LogP contribution in [0.3, 0.4) is 0 Å². The monoisotopic (exact) mass is 211 g/mol. The maximum atomic E-state index is 11.8. The summed E-state index contributed by atoms with van der Waals surface area (Å²) in [5, 5.41) is 0. The number of hydrogen-bond donors (Lipinski definition) is 0. The molecule has 1 aliphatic heterocycles. The summed E-state index contributed by atoms with van der Waals surface area (Å²) in [5.74, 6) is -0.648. The molecule has 1 fully saturated rings. The number of carbonyl (C=O) groups is 2. The normalized spacial score (nSPS) is 23.5. The number of carbonyl (C=O) groups excluding carboxylic acids is 2. The predicted octanol–water partition coefficient (Wildman–Crippen LogP) is 1.12. The van der Waals surface area contributed by atoms with Gasteiger partial charge in [-0.15, -0.1) is 0 Å². The van der Waals surface area contributed by atoms with Crippen LogP contribution in [0.25, 0.3) is 0 Å². The molecule has 4 nitrogen and oxygen atoms in total. The van der Waals surface area contributed by atoms with E-state index in [1.54, 1.807) is 39.8 Å². The van der Waals surface area contributed by atoms with E-state index >= 15 is 0 Å². The molecular formula is C11H17NO3. The molecule has 0 unspecified atom stereocenters. The van der Waals surface area contributed by atoms with Gasteiger partial charge in [-0.1, -0.05) is 0 Å². The van der Waals surface area contributed by atoms with Gasteiger partial charge in [0.15, 0.2) is 5.78 Å². The maximum absolute atomic E-state index is 11.8. The quantitative estimate of drug-likeness (QED) is 0.370. The van der Waals surface area contributed by atoms with Gasteiger partial charge in [0, 0.05) is 19.8 Å². The van der Waals surface area contributed by atoms with E-state index in [1.807, 2.05) is 0 Å². The summed E-state index contributed by atoms with van der Waals surface area (Å²) >= 11 is 0. The summed E-state index contributed by atoms with van der Waals surface area (Å²) in [7, 11) is 3.59. The van der Waals surface area contributed by atoms with Crippen molar-refractivity contribution in [3.05, 3.63) is 11.3 Å². The molecule has 1 aliphatic rings. The molecule has 4 heteroatoms. The summed E-state index contributed by atoms with van der Waals surface area (Å²) in [6.07, 6.45) is 0.249. The molecule has 0 N–H and O–H groups in total. The molecule has 0 amide bonds. The number of allylic oxidation sites excluding steroid dienone is 1. The molecule has 84 valence electrons. The lowest BCUT2D eigenvalue weighted by atomic mass is 9.92. The number of rotatable bonds is 1. The van der Waals surface area contributed by atoms with Crippen LogP contribution in [0.5, 0.6) is 0 Å². The Morgan fingerprint density at radius 2 is 1.87 bits per heavy atom. The van der Waals surface area contributed by atoms with Crippen molar-refractivity contribution in [2.45, 2.75) is 32.8 Å². The Labute approximate surface area is 89.9 Å². The summed E-state index contributed by atoms with van der Waals surface area (Å²) < 4.78 is 5.18. The Hall–Kier alpha value is -1.32. The third-order valence-electron chi connectivity index (χ3n) is 2.47. The van der Waals surface area contributed by atoms with Crippen LogP contribution in [0.15, 0.2) is 11.3 Å². The van der Waals surface area contributed by atoms with Crippen molar-refractivity contribution in [1.82, 2.24) is 4.90 Å². The van der Waals surface area contributed by atoms with Gasteiger partial charge in [0.25, 0.3) is 0 Å². The third-order valence-corrected chi connectivity index (χ3v) is 2.47. The van der Waals surface area contributed by atoms with Crippen molar-refractivity contribution in [1.29, 1.82) is 0 Å². The van der Waals surface area contributed by atoms with Crippen LogP contribution in [-0.2, 0) is 14.3 Å². The second-order valence-corrected chi connectivity index (χ2v) is 4.60. The topological polar surface area (TPSA) is 46.6 Å². The zero-order valence-electron chi connectivity index (χ0n) is 9.88. The van der Waals surface area contributed by atoms with Gasteiger partial charge >= 0.3 is 5.97 Å². The van der Waals surface area contributed by atoms with Gasteiger partial charge in [-0.05, 0) is 20.8 Å². The van der Waals surface area contributed by atoms with E-state index in [2.05, 4.69) is 0 Å². The summed E-state index contributed by atoms with van der Waals surface area (Å²) in [6, 6.07) is 0. The zero-order chi connectivity index (χ0) is 11.8. The van der Waals surface area contributed by atoms with Crippen molar-refractivity contribution >= 4 is 11.8 Å². The molecular weight excluding hydrogens is 194 g/mol. The van der Waals surface area contributed by atoms with E-state index < -0.39 is 11.6 Å². The first-order valence-corrected chi connectivity index (χ1v) is 4.89. The number of hydrogen-bond acceptors (Lipinski definition) is 4. The molecule has 1 rings (SSSR count). The first-order chi connectivity index (χ1) is 6.74. The smallest absolute Gasteiger partial charge is 0.344 e. The first kappa shape index (κ1) is 11.8. The molecule has 0 spiro atoms. The number of ether oxygens (including phenoxy) is 1. The molecule has 0 bridgehead atoms. The second kappa shape index (κ2) is 3.68. The zero-order valence-corrected chi connectivity index (χ0v) is 9.88. The van der Waals surface area contributed by atoms with Crippen molar-refractivity contribution in [3.63, 3.8) is 0 Å². The van der Waals surface area contributed by atoms with E-state index in [4.69, 9.17) is 4.74 Å². The fourth-order valence-corrected chi connectivity index (χ4v) is 1.50. The standard InChI is InChI=1S/C11H17NO3/c1-7(12(4)5)9-8(13)6-11(2,3)15-10(9)14/h6H2,1-5H3. The minimum atomic E-state index is -0.676. The maximum Gasteiger partial charge on any atom is 0.344 e. The molecule has 0 aliphatic carbocycles. The van der Waals surface area contributed by atoms with Crippen molar-refractivity contribution in [2.24, 2.45) is 0 Å². The summed E-state index contributed by atoms with van der Waals surface area (Å²) in [4.78, 5) is 25.2. The van der Waals surface area contributed by atoms with Gasteiger partial charge in [0.05, 0.1) is 6.42 Å². The van der Waals surface area contributed by atoms with Crippen molar-refractivity contribution in [3.8, 4) is 0 Å². The van der Waals surface area contributed by atoms with E-state index in [1.165, 1.54) is 0 Å². The SMILES string of the molecule is CC(=C1C(=O)CC(C)(C)OC1=O)N(C)C. The number of ketones is 1. The molecule has 0 saturated carbocycles.